The Bertz CT molecular complexity index is 335. The predicted octanol–water partition coefficient (Wildman–Crippen LogP) is 4.69. The van der Waals surface area contributed by atoms with E-state index in [4.69, 9.17) is 0 Å². The van der Waals surface area contributed by atoms with Crippen molar-refractivity contribution in [1.29, 1.82) is 0 Å². The van der Waals surface area contributed by atoms with Gasteiger partial charge >= 0.3 is 0 Å². The highest BCUT2D eigenvalue weighted by atomic mass is 14.3. The number of benzene rings is 1. The highest BCUT2D eigenvalue weighted by Gasteiger charge is 2.22. The molecule has 0 nitrogen and oxygen atoms in total. The standard InChI is InChI=1S/C15H22/c1-11-7-9-14(10-8-11)12(2)13(3)15(4,5)6/h7-10,13H,2H2,1,3-6H3. The van der Waals surface area contributed by atoms with Gasteiger partial charge in [0, 0.05) is 0 Å². The Labute approximate surface area is 94.0 Å². The first-order valence-corrected chi connectivity index (χ1v) is 5.58. The Kier molecular flexibility index (Phi) is 3.38. The van der Waals surface area contributed by atoms with Gasteiger partial charge in [-0.3, -0.25) is 0 Å². The third-order valence-corrected chi connectivity index (χ3v) is 3.24. The zero-order valence-electron chi connectivity index (χ0n) is 10.6. The van der Waals surface area contributed by atoms with Crippen LogP contribution in [-0.2, 0) is 0 Å². The molecule has 0 spiro atoms. The van der Waals surface area contributed by atoms with Crippen molar-refractivity contribution >= 4 is 5.57 Å². The van der Waals surface area contributed by atoms with Crippen LogP contribution in [0.15, 0.2) is 30.8 Å². The predicted molar refractivity (Wildman–Crippen MR) is 68.8 cm³/mol. The molecule has 1 atom stereocenters. The number of rotatable bonds is 2. The average molecular weight is 202 g/mol. The van der Waals surface area contributed by atoms with Crippen LogP contribution < -0.4 is 0 Å². The zero-order chi connectivity index (χ0) is 11.6. The molecule has 0 heterocycles. The van der Waals surface area contributed by atoms with Crippen LogP contribution in [0.1, 0.15) is 38.8 Å². The van der Waals surface area contributed by atoms with Gasteiger partial charge in [0.15, 0.2) is 0 Å². The van der Waals surface area contributed by atoms with Crippen LogP contribution in [0.2, 0.25) is 0 Å². The van der Waals surface area contributed by atoms with Crippen molar-refractivity contribution in [2.24, 2.45) is 11.3 Å². The summed E-state index contributed by atoms with van der Waals surface area (Å²) in [5, 5.41) is 0. The fourth-order valence-electron chi connectivity index (χ4n) is 1.54. The first kappa shape index (κ1) is 12.0. The first-order chi connectivity index (χ1) is 6.82. The maximum atomic E-state index is 4.22. The minimum atomic E-state index is 0.280. The van der Waals surface area contributed by atoms with E-state index < -0.39 is 0 Å². The maximum absolute atomic E-state index is 4.22. The molecule has 1 aromatic carbocycles. The fraction of sp³-hybridized carbons (Fsp3) is 0.467. The highest BCUT2D eigenvalue weighted by Crippen LogP contribution is 2.35. The molecule has 0 aliphatic carbocycles. The lowest BCUT2D eigenvalue weighted by atomic mass is 9.76. The van der Waals surface area contributed by atoms with Crippen LogP contribution in [0.3, 0.4) is 0 Å². The van der Waals surface area contributed by atoms with Crippen LogP contribution in [0.4, 0.5) is 0 Å². The number of allylic oxidation sites excluding steroid dienone is 1. The fourth-order valence-corrected chi connectivity index (χ4v) is 1.54. The first-order valence-electron chi connectivity index (χ1n) is 5.58. The smallest absolute Gasteiger partial charge is 0.0142 e. The Hall–Kier alpha value is -1.04. The molecule has 0 fully saturated rings. The van der Waals surface area contributed by atoms with E-state index in [0.717, 1.165) is 0 Å². The molecule has 0 saturated heterocycles. The molecule has 82 valence electrons. The quantitative estimate of drug-likeness (QED) is 0.652. The zero-order valence-corrected chi connectivity index (χ0v) is 10.6. The Balaban J connectivity index is 2.90. The summed E-state index contributed by atoms with van der Waals surface area (Å²) in [6.45, 7) is 15.4. The van der Waals surface area contributed by atoms with Crippen molar-refractivity contribution in [3.05, 3.63) is 42.0 Å². The van der Waals surface area contributed by atoms with Crippen LogP contribution in [0, 0.1) is 18.3 Å². The van der Waals surface area contributed by atoms with Gasteiger partial charge in [0.25, 0.3) is 0 Å². The maximum Gasteiger partial charge on any atom is -0.0142 e. The summed E-state index contributed by atoms with van der Waals surface area (Å²) < 4.78 is 0. The molecule has 1 rings (SSSR count). The summed E-state index contributed by atoms with van der Waals surface area (Å²) in [7, 11) is 0. The van der Waals surface area contributed by atoms with Gasteiger partial charge in [-0.1, -0.05) is 64.1 Å². The van der Waals surface area contributed by atoms with Crippen molar-refractivity contribution in [2.45, 2.75) is 34.6 Å². The molecule has 0 radical (unpaired) electrons. The molecule has 0 saturated carbocycles. The number of hydrogen-bond acceptors (Lipinski definition) is 0. The second-order valence-corrected chi connectivity index (χ2v) is 5.48. The molecule has 0 bridgehead atoms. The molecule has 0 aromatic heterocycles. The summed E-state index contributed by atoms with van der Waals surface area (Å²) >= 11 is 0. The largest absolute Gasteiger partial charge is 0.0949 e. The van der Waals surface area contributed by atoms with Gasteiger partial charge in [-0.25, -0.2) is 0 Å². The molecular formula is C15H22. The monoisotopic (exact) mass is 202 g/mol. The summed E-state index contributed by atoms with van der Waals surface area (Å²) in [5.74, 6) is 0.500. The molecular weight excluding hydrogens is 180 g/mol. The summed E-state index contributed by atoms with van der Waals surface area (Å²) in [6, 6.07) is 8.63. The Morgan fingerprint density at radius 3 is 2.00 bits per heavy atom. The summed E-state index contributed by atoms with van der Waals surface area (Å²) in [4.78, 5) is 0. The van der Waals surface area contributed by atoms with E-state index >= 15 is 0 Å². The molecule has 0 heteroatoms. The SMILES string of the molecule is C=C(c1ccc(C)cc1)C(C)C(C)(C)C. The van der Waals surface area contributed by atoms with Gasteiger partial charge in [-0.15, -0.1) is 0 Å². The molecule has 0 aliphatic heterocycles. The van der Waals surface area contributed by atoms with Crippen molar-refractivity contribution in [3.8, 4) is 0 Å². The van der Waals surface area contributed by atoms with E-state index in [9.17, 15) is 0 Å². The van der Waals surface area contributed by atoms with Crippen molar-refractivity contribution < 1.29 is 0 Å². The lowest BCUT2D eigenvalue weighted by Gasteiger charge is -2.29. The number of hydrogen-bond donors (Lipinski definition) is 0. The van der Waals surface area contributed by atoms with E-state index in [1.165, 1.54) is 16.7 Å². The van der Waals surface area contributed by atoms with Gasteiger partial charge < -0.3 is 0 Å². The van der Waals surface area contributed by atoms with Crippen LogP contribution in [0.5, 0.6) is 0 Å². The lowest BCUT2D eigenvalue weighted by Crippen LogP contribution is -2.18. The molecule has 0 aliphatic rings. The second-order valence-electron chi connectivity index (χ2n) is 5.48. The Morgan fingerprint density at radius 2 is 1.60 bits per heavy atom. The van der Waals surface area contributed by atoms with Gasteiger partial charge in [-0.05, 0) is 29.4 Å². The topological polar surface area (TPSA) is 0 Å². The van der Waals surface area contributed by atoms with Crippen molar-refractivity contribution in [1.82, 2.24) is 0 Å². The molecule has 1 unspecified atom stereocenters. The third kappa shape index (κ3) is 2.95. The normalized spacial score (nSPS) is 13.7. The molecule has 0 amide bonds. The molecule has 15 heavy (non-hydrogen) atoms. The van der Waals surface area contributed by atoms with Crippen LogP contribution in [0.25, 0.3) is 5.57 Å². The molecule has 0 N–H and O–H groups in total. The van der Waals surface area contributed by atoms with E-state index in [1.807, 2.05) is 0 Å². The molecule has 1 aromatic rings. The van der Waals surface area contributed by atoms with Crippen LogP contribution >= 0.6 is 0 Å². The minimum absolute atomic E-state index is 0.280. The van der Waals surface area contributed by atoms with Gasteiger partial charge in [0.1, 0.15) is 0 Å². The van der Waals surface area contributed by atoms with Gasteiger partial charge in [0.05, 0.1) is 0 Å². The van der Waals surface area contributed by atoms with Gasteiger partial charge in [0.2, 0.25) is 0 Å². The van der Waals surface area contributed by atoms with E-state index in [1.54, 1.807) is 0 Å². The van der Waals surface area contributed by atoms with Gasteiger partial charge in [-0.2, -0.15) is 0 Å². The van der Waals surface area contributed by atoms with Crippen molar-refractivity contribution in [2.75, 3.05) is 0 Å². The second kappa shape index (κ2) is 4.22. The summed E-state index contributed by atoms with van der Waals surface area (Å²) in [5.41, 5.74) is 4.09. The van der Waals surface area contributed by atoms with E-state index in [-0.39, 0.29) is 5.41 Å². The number of aryl methyl sites for hydroxylation is 1. The van der Waals surface area contributed by atoms with E-state index in [0.29, 0.717) is 5.92 Å². The summed E-state index contributed by atoms with van der Waals surface area (Å²) in [6.07, 6.45) is 0. The van der Waals surface area contributed by atoms with Crippen LogP contribution in [-0.4, -0.2) is 0 Å². The average Bonchev–Trinajstić information content (AvgIpc) is 2.15. The highest BCUT2D eigenvalue weighted by molar-refractivity contribution is 5.65. The minimum Gasteiger partial charge on any atom is -0.0949 e. The van der Waals surface area contributed by atoms with Crippen molar-refractivity contribution in [3.63, 3.8) is 0 Å². The lowest BCUT2D eigenvalue weighted by molar-refractivity contribution is 0.324. The Morgan fingerprint density at radius 1 is 1.13 bits per heavy atom. The van der Waals surface area contributed by atoms with E-state index in [2.05, 4.69) is 65.5 Å². The third-order valence-electron chi connectivity index (χ3n) is 3.24.